The number of carbonyl (C=O) groups is 1. The third kappa shape index (κ3) is 9.02. The Morgan fingerprint density at radius 1 is 0.661 bits per heavy atom. The standard InChI is InChI=1S/C50H60N4O5/c1-56-41-16-14-35(15-17-41)31-53-22-18-49(19-23-53)30-40(34-57-49)52-47-28-45(47)37-11-7-12-42(26-37)59-48(55)43-13-6-5-10-38(43)32-54-24-20-50(21-25-54)29-39(33-58-50)51-46-27-44(46)36-8-3-2-4-9-36/h2-17,26,39-40,44-47,51-52H,18-25,27-34H2,1H3/t39?,40?,44-,45-,46+,47+/m0/s1. The number of likely N-dealkylation sites (tertiary alicyclic amines) is 2. The third-order valence-corrected chi connectivity index (χ3v) is 14.4. The Morgan fingerprint density at radius 3 is 1.88 bits per heavy atom. The Bertz CT molecular complexity index is 2060. The summed E-state index contributed by atoms with van der Waals surface area (Å²) in [6.45, 7) is 7.32. The number of esters is 1. The van der Waals surface area contributed by atoms with Crippen LogP contribution in [0.5, 0.6) is 11.5 Å². The molecule has 6 aliphatic rings. The van der Waals surface area contributed by atoms with Crippen molar-refractivity contribution in [3.8, 4) is 11.5 Å². The molecule has 310 valence electrons. The Labute approximate surface area is 349 Å². The van der Waals surface area contributed by atoms with Gasteiger partial charge in [-0.3, -0.25) is 9.80 Å². The van der Waals surface area contributed by atoms with E-state index in [0.717, 1.165) is 109 Å². The molecule has 6 fully saturated rings. The van der Waals surface area contributed by atoms with Crippen LogP contribution in [0.25, 0.3) is 0 Å². The molecule has 4 aromatic carbocycles. The molecule has 9 heteroatoms. The molecule has 9 nitrogen and oxygen atoms in total. The maximum absolute atomic E-state index is 13.7. The lowest BCUT2D eigenvalue weighted by Crippen LogP contribution is -2.44. The van der Waals surface area contributed by atoms with E-state index in [1.165, 1.54) is 23.1 Å². The van der Waals surface area contributed by atoms with E-state index >= 15 is 0 Å². The van der Waals surface area contributed by atoms with Crippen LogP contribution in [-0.4, -0.2) is 97.6 Å². The number of nitrogens with zero attached hydrogens (tertiary/aromatic N) is 2. The van der Waals surface area contributed by atoms with E-state index in [0.29, 0.717) is 47.3 Å². The van der Waals surface area contributed by atoms with E-state index in [1.54, 1.807) is 7.11 Å². The van der Waals surface area contributed by atoms with Crippen LogP contribution < -0.4 is 20.1 Å². The number of piperidine rings is 2. The van der Waals surface area contributed by atoms with Gasteiger partial charge in [-0.15, -0.1) is 0 Å². The molecule has 2 N–H and O–H groups in total. The molecule has 2 spiro atoms. The van der Waals surface area contributed by atoms with Crippen LogP contribution in [0.3, 0.4) is 0 Å². The molecule has 2 aliphatic carbocycles. The molecule has 59 heavy (non-hydrogen) atoms. The normalized spacial score (nSPS) is 28.5. The fourth-order valence-electron chi connectivity index (χ4n) is 10.7. The Morgan fingerprint density at radius 2 is 1.24 bits per heavy atom. The van der Waals surface area contributed by atoms with E-state index in [2.05, 4.69) is 81.1 Å². The Kier molecular flexibility index (Phi) is 11.1. The van der Waals surface area contributed by atoms with Gasteiger partial charge in [0.15, 0.2) is 0 Å². The first kappa shape index (κ1) is 39.1. The molecular formula is C50H60N4O5. The van der Waals surface area contributed by atoms with E-state index < -0.39 is 0 Å². The maximum atomic E-state index is 13.7. The van der Waals surface area contributed by atoms with E-state index in [1.807, 2.05) is 42.5 Å². The van der Waals surface area contributed by atoms with Crippen LogP contribution in [0.15, 0.2) is 103 Å². The minimum Gasteiger partial charge on any atom is -0.497 e. The SMILES string of the molecule is COc1ccc(CN2CCC3(CC2)CC(N[C@@H]2C[C@H]2c2cccc(OC(=O)c4ccccc4CN4CCC5(CC4)CC(N[C@@H]4C[C@H]4c4ccccc4)CO5)c2)CO3)cc1. The van der Waals surface area contributed by atoms with Gasteiger partial charge in [0, 0.05) is 75.3 Å². The first-order valence-electron chi connectivity index (χ1n) is 22.2. The van der Waals surface area contributed by atoms with Gasteiger partial charge in [-0.05, 0) is 104 Å². The number of ether oxygens (including phenoxy) is 4. The number of rotatable bonds is 13. The van der Waals surface area contributed by atoms with Crippen molar-refractivity contribution in [3.63, 3.8) is 0 Å². The topological polar surface area (TPSA) is 84.5 Å². The highest BCUT2D eigenvalue weighted by Crippen LogP contribution is 2.45. The molecule has 6 atom stereocenters. The quantitative estimate of drug-likeness (QED) is 0.106. The molecule has 4 aromatic rings. The fourth-order valence-corrected chi connectivity index (χ4v) is 10.7. The summed E-state index contributed by atoms with van der Waals surface area (Å²) in [5, 5.41) is 7.84. The molecule has 4 aliphatic heterocycles. The number of hydrogen-bond acceptors (Lipinski definition) is 9. The molecule has 4 heterocycles. The van der Waals surface area contributed by atoms with Gasteiger partial charge in [0.1, 0.15) is 11.5 Å². The van der Waals surface area contributed by atoms with Crippen molar-refractivity contribution >= 4 is 5.97 Å². The van der Waals surface area contributed by atoms with Gasteiger partial charge in [0.2, 0.25) is 0 Å². The molecule has 0 bridgehead atoms. The van der Waals surface area contributed by atoms with Crippen molar-refractivity contribution in [2.24, 2.45) is 0 Å². The summed E-state index contributed by atoms with van der Waals surface area (Å²) < 4.78 is 24.5. The minimum atomic E-state index is -0.290. The van der Waals surface area contributed by atoms with Crippen molar-refractivity contribution in [2.75, 3.05) is 46.5 Å². The average Bonchev–Trinajstić information content (AvgIpc) is 4.15. The monoisotopic (exact) mass is 796 g/mol. The van der Waals surface area contributed by atoms with Crippen LogP contribution in [0.4, 0.5) is 0 Å². The highest BCUT2D eigenvalue weighted by molar-refractivity contribution is 5.92. The smallest absolute Gasteiger partial charge is 0.343 e. The van der Waals surface area contributed by atoms with Gasteiger partial charge in [-0.25, -0.2) is 4.79 Å². The summed E-state index contributed by atoms with van der Waals surface area (Å²) in [4.78, 5) is 18.7. The van der Waals surface area contributed by atoms with Crippen molar-refractivity contribution in [3.05, 3.63) is 131 Å². The number of benzene rings is 4. The summed E-state index contributed by atoms with van der Waals surface area (Å²) in [6, 6.07) is 37.2. The summed E-state index contributed by atoms with van der Waals surface area (Å²) in [5.74, 6) is 2.28. The predicted octanol–water partition coefficient (Wildman–Crippen LogP) is 7.45. The maximum Gasteiger partial charge on any atom is 0.343 e. The fraction of sp³-hybridized carbons (Fsp3) is 0.500. The lowest BCUT2D eigenvalue weighted by atomic mass is 9.87. The zero-order valence-electron chi connectivity index (χ0n) is 34.5. The summed E-state index contributed by atoms with van der Waals surface area (Å²) >= 11 is 0. The second-order valence-electron chi connectivity index (χ2n) is 18.5. The van der Waals surface area contributed by atoms with Crippen LogP contribution in [-0.2, 0) is 22.6 Å². The van der Waals surface area contributed by atoms with Crippen LogP contribution in [0.1, 0.15) is 95.8 Å². The van der Waals surface area contributed by atoms with Gasteiger partial charge >= 0.3 is 5.97 Å². The summed E-state index contributed by atoms with van der Waals surface area (Å²) in [5.41, 5.74) is 5.62. The highest BCUT2D eigenvalue weighted by Gasteiger charge is 2.48. The Hall–Kier alpha value is -4.09. The van der Waals surface area contributed by atoms with Crippen molar-refractivity contribution in [1.29, 1.82) is 0 Å². The summed E-state index contributed by atoms with van der Waals surface area (Å²) in [6.07, 6.45) is 8.67. The molecule has 10 rings (SSSR count). The van der Waals surface area contributed by atoms with E-state index in [9.17, 15) is 4.79 Å². The van der Waals surface area contributed by atoms with E-state index in [4.69, 9.17) is 18.9 Å². The van der Waals surface area contributed by atoms with Crippen molar-refractivity contribution in [1.82, 2.24) is 20.4 Å². The van der Waals surface area contributed by atoms with Crippen molar-refractivity contribution in [2.45, 2.75) is 112 Å². The molecule has 0 radical (unpaired) electrons. The molecular weight excluding hydrogens is 737 g/mol. The van der Waals surface area contributed by atoms with Gasteiger partial charge in [0.05, 0.1) is 37.1 Å². The van der Waals surface area contributed by atoms with Gasteiger partial charge < -0.3 is 29.6 Å². The molecule has 2 saturated carbocycles. The number of methoxy groups -OCH3 is 1. The Balaban J connectivity index is 0.672. The van der Waals surface area contributed by atoms with Gasteiger partial charge in [-0.2, -0.15) is 0 Å². The molecule has 0 aromatic heterocycles. The second-order valence-corrected chi connectivity index (χ2v) is 18.5. The average molecular weight is 797 g/mol. The first-order chi connectivity index (χ1) is 28.9. The largest absolute Gasteiger partial charge is 0.497 e. The lowest BCUT2D eigenvalue weighted by molar-refractivity contribution is -0.0451. The first-order valence-corrected chi connectivity index (χ1v) is 22.2. The summed E-state index contributed by atoms with van der Waals surface area (Å²) in [7, 11) is 1.71. The van der Waals surface area contributed by atoms with Crippen LogP contribution in [0.2, 0.25) is 0 Å². The van der Waals surface area contributed by atoms with Crippen molar-refractivity contribution < 1.29 is 23.7 Å². The van der Waals surface area contributed by atoms with Crippen LogP contribution >= 0.6 is 0 Å². The van der Waals surface area contributed by atoms with Gasteiger partial charge in [-0.1, -0.05) is 72.8 Å². The minimum absolute atomic E-state index is 0.00621. The molecule has 4 saturated heterocycles. The number of carbonyl (C=O) groups excluding carboxylic acids is 1. The molecule has 2 unspecified atom stereocenters. The second kappa shape index (κ2) is 16.8. The predicted molar refractivity (Wildman–Crippen MR) is 229 cm³/mol. The molecule has 0 amide bonds. The third-order valence-electron chi connectivity index (χ3n) is 14.4. The van der Waals surface area contributed by atoms with Gasteiger partial charge in [0.25, 0.3) is 0 Å². The van der Waals surface area contributed by atoms with E-state index in [-0.39, 0.29) is 17.2 Å². The zero-order valence-corrected chi connectivity index (χ0v) is 34.5. The number of nitrogens with one attached hydrogen (secondary N) is 2. The highest BCUT2D eigenvalue weighted by atomic mass is 16.5. The van der Waals surface area contributed by atoms with Crippen LogP contribution in [0, 0.1) is 0 Å². The lowest BCUT2D eigenvalue weighted by Gasteiger charge is -2.39. The zero-order chi connectivity index (χ0) is 39.8. The number of hydrogen-bond donors (Lipinski definition) is 2.